The number of carbonyl (C=O) groups excluding carboxylic acids is 1. The van der Waals surface area contributed by atoms with Gasteiger partial charge in [0.25, 0.3) is 0 Å². The summed E-state index contributed by atoms with van der Waals surface area (Å²) in [5.41, 5.74) is 0.748. The molecule has 0 fully saturated rings. The highest BCUT2D eigenvalue weighted by molar-refractivity contribution is 6.42. The van der Waals surface area contributed by atoms with Crippen LogP contribution in [0.3, 0.4) is 0 Å². The van der Waals surface area contributed by atoms with Crippen LogP contribution in [0, 0.1) is 5.92 Å². The van der Waals surface area contributed by atoms with Gasteiger partial charge < -0.3 is 14.6 Å². The third-order valence-corrected chi connectivity index (χ3v) is 5.13. The maximum Gasteiger partial charge on any atom is 0.249 e. The summed E-state index contributed by atoms with van der Waals surface area (Å²) in [5, 5.41) is 7.76. The van der Waals surface area contributed by atoms with Gasteiger partial charge in [-0.25, -0.2) is 0 Å². The fraction of sp³-hybridized carbons (Fsp3) is 0.333. The lowest BCUT2D eigenvalue weighted by Gasteiger charge is -2.18. The van der Waals surface area contributed by atoms with Crippen LogP contribution in [0.4, 0.5) is 0 Å². The molecule has 2 heterocycles. The maximum absolute atomic E-state index is 12.4. The Bertz CT molecular complexity index is 979. The minimum atomic E-state index is -0.390. The van der Waals surface area contributed by atoms with Gasteiger partial charge in [0.2, 0.25) is 17.6 Å². The fourth-order valence-corrected chi connectivity index (χ4v) is 3.09. The van der Waals surface area contributed by atoms with Crippen LogP contribution in [0.5, 0.6) is 5.75 Å². The summed E-state index contributed by atoms with van der Waals surface area (Å²) in [6.45, 7) is 4.29. The van der Waals surface area contributed by atoms with Gasteiger partial charge in [-0.15, -0.1) is 0 Å². The number of amides is 1. The predicted molar refractivity (Wildman–Crippen MR) is 114 cm³/mol. The molecule has 0 saturated heterocycles. The van der Waals surface area contributed by atoms with Crippen molar-refractivity contribution in [2.24, 2.45) is 5.92 Å². The van der Waals surface area contributed by atoms with Crippen LogP contribution >= 0.6 is 23.2 Å². The average molecular weight is 449 g/mol. The summed E-state index contributed by atoms with van der Waals surface area (Å²) in [6, 6.07) is 8.43. The topological polar surface area (TPSA) is 90.1 Å². The monoisotopic (exact) mass is 448 g/mol. The van der Waals surface area contributed by atoms with Crippen molar-refractivity contribution in [3.05, 3.63) is 58.7 Å². The first kappa shape index (κ1) is 22.1. The second-order valence-corrected chi connectivity index (χ2v) is 7.78. The fourth-order valence-electron chi connectivity index (χ4n) is 2.74. The number of hydrogen-bond acceptors (Lipinski definition) is 6. The molecular weight excluding hydrogens is 427 g/mol. The second kappa shape index (κ2) is 10.4. The quantitative estimate of drug-likeness (QED) is 0.457. The summed E-state index contributed by atoms with van der Waals surface area (Å²) < 4.78 is 11.0. The molecule has 3 rings (SSSR count). The molecule has 0 aliphatic carbocycles. The molecule has 1 N–H and O–H groups in total. The Hall–Kier alpha value is -2.64. The molecule has 0 saturated carbocycles. The number of halogens is 2. The Morgan fingerprint density at radius 3 is 2.80 bits per heavy atom. The zero-order valence-corrected chi connectivity index (χ0v) is 18.2. The third-order valence-electron chi connectivity index (χ3n) is 4.33. The number of hydrogen-bond donors (Lipinski definition) is 1. The highest BCUT2D eigenvalue weighted by Gasteiger charge is 2.24. The Labute approximate surface area is 184 Å². The Balaban J connectivity index is 1.53. The van der Waals surface area contributed by atoms with Crippen molar-refractivity contribution in [3.8, 4) is 17.1 Å². The SMILES string of the molecule is CC(C)C(NC(=O)CCCOc1cccc(Cl)c1Cl)c1nc(-c2cccnc2)no1. The molecule has 0 bridgehead atoms. The predicted octanol–water partition coefficient (Wildman–Crippen LogP) is 5.11. The van der Waals surface area contributed by atoms with E-state index in [0.717, 1.165) is 5.56 Å². The van der Waals surface area contributed by atoms with Crippen molar-refractivity contribution in [1.82, 2.24) is 20.4 Å². The molecule has 0 spiro atoms. The maximum atomic E-state index is 12.4. The number of rotatable bonds is 9. The smallest absolute Gasteiger partial charge is 0.249 e. The summed E-state index contributed by atoms with van der Waals surface area (Å²) >= 11 is 12.1. The molecule has 0 radical (unpaired) electrons. The van der Waals surface area contributed by atoms with Gasteiger partial charge in [0.05, 0.1) is 11.6 Å². The van der Waals surface area contributed by atoms with Crippen molar-refractivity contribution in [1.29, 1.82) is 0 Å². The minimum absolute atomic E-state index is 0.0673. The molecule has 158 valence electrons. The van der Waals surface area contributed by atoms with Gasteiger partial charge in [0.15, 0.2) is 0 Å². The van der Waals surface area contributed by atoms with Crippen molar-refractivity contribution in [2.45, 2.75) is 32.7 Å². The largest absolute Gasteiger partial charge is 0.492 e. The molecule has 9 heteroatoms. The molecule has 1 unspecified atom stereocenters. The van der Waals surface area contributed by atoms with Crippen LogP contribution < -0.4 is 10.1 Å². The van der Waals surface area contributed by atoms with E-state index < -0.39 is 6.04 Å². The van der Waals surface area contributed by atoms with Gasteiger partial charge in [-0.3, -0.25) is 9.78 Å². The van der Waals surface area contributed by atoms with Crippen LogP contribution in [-0.4, -0.2) is 27.6 Å². The average Bonchev–Trinajstić information content (AvgIpc) is 3.22. The van der Waals surface area contributed by atoms with Crippen molar-refractivity contribution < 1.29 is 14.1 Å². The van der Waals surface area contributed by atoms with Crippen LogP contribution in [0.15, 0.2) is 47.2 Å². The van der Waals surface area contributed by atoms with E-state index in [0.29, 0.717) is 40.5 Å². The van der Waals surface area contributed by atoms with E-state index in [4.69, 9.17) is 32.5 Å². The lowest BCUT2D eigenvalue weighted by Crippen LogP contribution is -2.32. The van der Waals surface area contributed by atoms with E-state index in [9.17, 15) is 4.79 Å². The Morgan fingerprint density at radius 2 is 2.07 bits per heavy atom. The summed E-state index contributed by atoms with van der Waals surface area (Å²) in [7, 11) is 0. The van der Waals surface area contributed by atoms with Crippen LogP contribution in [0.25, 0.3) is 11.4 Å². The minimum Gasteiger partial charge on any atom is -0.492 e. The first-order valence-corrected chi connectivity index (χ1v) is 10.3. The number of ether oxygens (including phenoxy) is 1. The first-order valence-electron chi connectivity index (χ1n) is 9.56. The van der Waals surface area contributed by atoms with Crippen molar-refractivity contribution in [3.63, 3.8) is 0 Å². The number of carbonyl (C=O) groups is 1. The van der Waals surface area contributed by atoms with Crippen LogP contribution in [0.1, 0.15) is 38.6 Å². The molecule has 1 atom stereocenters. The summed E-state index contributed by atoms with van der Waals surface area (Å²) in [5.74, 6) is 1.23. The zero-order chi connectivity index (χ0) is 21.5. The van der Waals surface area contributed by atoms with Crippen molar-refractivity contribution >= 4 is 29.1 Å². The Kier molecular flexibility index (Phi) is 7.65. The molecule has 2 aromatic heterocycles. The van der Waals surface area contributed by atoms with E-state index in [1.165, 1.54) is 0 Å². The van der Waals surface area contributed by atoms with E-state index in [1.807, 2.05) is 19.9 Å². The normalized spacial score (nSPS) is 12.0. The van der Waals surface area contributed by atoms with Gasteiger partial charge in [-0.2, -0.15) is 4.98 Å². The van der Waals surface area contributed by atoms with Gasteiger partial charge >= 0.3 is 0 Å². The van der Waals surface area contributed by atoms with Gasteiger partial charge in [-0.1, -0.05) is 48.3 Å². The first-order chi connectivity index (χ1) is 14.5. The highest BCUT2D eigenvalue weighted by Crippen LogP contribution is 2.31. The van der Waals surface area contributed by atoms with E-state index in [-0.39, 0.29) is 18.2 Å². The molecule has 1 amide bonds. The summed E-state index contributed by atoms with van der Waals surface area (Å²) in [4.78, 5) is 20.9. The van der Waals surface area contributed by atoms with E-state index >= 15 is 0 Å². The van der Waals surface area contributed by atoms with Crippen LogP contribution in [-0.2, 0) is 4.79 Å². The van der Waals surface area contributed by atoms with E-state index in [2.05, 4.69) is 20.4 Å². The number of aromatic nitrogens is 3. The number of nitrogens with zero attached hydrogens (tertiary/aromatic N) is 3. The lowest BCUT2D eigenvalue weighted by molar-refractivity contribution is -0.122. The standard InChI is InChI=1S/C21H22Cl2N4O3/c1-13(2)19(21-26-20(27-30-21)14-6-4-10-24-12-14)25-17(28)9-5-11-29-16-8-3-7-15(22)18(16)23/h3-4,6-8,10,12-13,19H,5,9,11H2,1-2H3,(H,25,28). The molecule has 1 aromatic carbocycles. The van der Waals surface area contributed by atoms with Crippen LogP contribution in [0.2, 0.25) is 10.0 Å². The number of benzene rings is 1. The second-order valence-electron chi connectivity index (χ2n) is 6.99. The highest BCUT2D eigenvalue weighted by atomic mass is 35.5. The van der Waals surface area contributed by atoms with Crippen molar-refractivity contribution in [2.75, 3.05) is 6.61 Å². The summed E-state index contributed by atoms with van der Waals surface area (Å²) in [6.07, 6.45) is 4.13. The molecule has 0 aliphatic rings. The van der Waals surface area contributed by atoms with Gasteiger partial charge in [0.1, 0.15) is 16.8 Å². The molecular formula is C21H22Cl2N4O3. The van der Waals surface area contributed by atoms with E-state index in [1.54, 1.807) is 36.7 Å². The molecule has 30 heavy (non-hydrogen) atoms. The molecule has 7 nitrogen and oxygen atoms in total. The number of nitrogens with one attached hydrogen (secondary N) is 1. The lowest BCUT2D eigenvalue weighted by atomic mass is 10.0. The molecule has 0 aliphatic heterocycles. The van der Waals surface area contributed by atoms with Gasteiger partial charge in [-0.05, 0) is 36.6 Å². The molecule has 3 aromatic rings. The third kappa shape index (κ3) is 5.70. The zero-order valence-electron chi connectivity index (χ0n) is 16.6. The van der Waals surface area contributed by atoms with Gasteiger partial charge in [0, 0.05) is 24.4 Å². The Morgan fingerprint density at radius 1 is 1.23 bits per heavy atom. The number of pyridine rings is 1.